The highest BCUT2D eigenvalue weighted by Crippen LogP contribution is 2.41. The summed E-state index contributed by atoms with van der Waals surface area (Å²) in [6, 6.07) is 0.314. The van der Waals surface area contributed by atoms with Crippen molar-refractivity contribution in [3.63, 3.8) is 0 Å². The number of amides is 1. The van der Waals surface area contributed by atoms with Gasteiger partial charge in [-0.2, -0.15) is 5.48 Å². The van der Waals surface area contributed by atoms with Gasteiger partial charge in [0, 0.05) is 45.4 Å². The van der Waals surface area contributed by atoms with Crippen LogP contribution in [0.15, 0.2) is 0 Å². The molecule has 12 heteroatoms. The van der Waals surface area contributed by atoms with Gasteiger partial charge < -0.3 is 15.3 Å². The fourth-order valence-electron chi connectivity index (χ4n) is 8.42. The van der Waals surface area contributed by atoms with Gasteiger partial charge in [0.05, 0.1) is 25.0 Å². The molecule has 43 heavy (non-hydrogen) atoms. The first-order chi connectivity index (χ1) is 20.5. The molecule has 0 aromatic heterocycles. The number of carboxylic acids is 1. The molecule has 248 valence electrons. The Morgan fingerprint density at radius 3 is 1.77 bits per heavy atom. The molecular weight excluding hydrogens is 638 g/mol. The van der Waals surface area contributed by atoms with Gasteiger partial charge in [-0.05, 0) is 94.3 Å². The van der Waals surface area contributed by atoms with E-state index in [1.165, 1.54) is 6.42 Å². The zero-order valence-corrected chi connectivity index (χ0v) is 28.3. The fraction of sp³-hybridized carbons (Fsp3) is 0.935. The maximum Gasteiger partial charge on any atom is 0.308 e. The summed E-state index contributed by atoms with van der Waals surface area (Å²) in [5.41, 5.74) is 3.32. The molecule has 4 aliphatic rings. The summed E-state index contributed by atoms with van der Waals surface area (Å²) in [6.45, 7) is 5.08. The number of halogens is 4. The Bertz CT molecular complexity index is 920. The molecule has 0 bridgehead atoms. The Kier molecular flexibility index (Phi) is 13.9. The first-order valence-corrected chi connectivity index (χ1v) is 18.0. The van der Waals surface area contributed by atoms with Crippen molar-refractivity contribution in [1.82, 2.24) is 10.8 Å². The smallest absolute Gasteiger partial charge is 0.308 e. The van der Waals surface area contributed by atoms with Gasteiger partial charge >= 0.3 is 5.97 Å². The third kappa shape index (κ3) is 9.27. The number of alkyl halides is 4. The number of carbonyl (C=O) groups excluding carboxylic acids is 1. The number of hydrogen-bond donors (Lipinski definition) is 4. The molecule has 14 unspecified atom stereocenters. The van der Waals surface area contributed by atoms with Gasteiger partial charge in [0.1, 0.15) is 0 Å². The molecule has 14 atom stereocenters. The zero-order valence-electron chi connectivity index (χ0n) is 25.3. The second-order valence-corrected chi connectivity index (χ2v) is 16.2. The molecular formula is C31H50Cl4N2O6. The quantitative estimate of drug-likeness (QED) is 0.109. The highest BCUT2D eigenvalue weighted by molar-refractivity contribution is 6.25. The lowest BCUT2D eigenvalue weighted by Crippen LogP contribution is -2.53. The number of rotatable bonds is 11. The molecule has 4 fully saturated rings. The summed E-state index contributed by atoms with van der Waals surface area (Å²) in [7, 11) is 0. The number of carbonyl (C=O) groups is 2. The minimum absolute atomic E-state index is 0.0148. The molecule has 4 rings (SSSR count). The van der Waals surface area contributed by atoms with Crippen molar-refractivity contribution in [2.75, 3.05) is 13.2 Å². The van der Waals surface area contributed by atoms with Crippen LogP contribution in [0.5, 0.6) is 0 Å². The zero-order chi connectivity index (χ0) is 31.3. The molecule has 0 saturated heterocycles. The Balaban J connectivity index is 1.19. The average Bonchev–Trinajstić information content (AvgIpc) is 2.95. The second kappa shape index (κ2) is 16.7. The maximum atomic E-state index is 13.2. The van der Waals surface area contributed by atoms with Crippen LogP contribution >= 0.6 is 46.4 Å². The Morgan fingerprint density at radius 2 is 1.23 bits per heavy atom. The van der Waals surface area contributed by atoms with Gasteiger partial charge in [-0.3, -0.25) is 14.8 Å². The third-order valence-corrected chi connectivity index (χ3v) is 13.1. The van der Waals surface area contributed by atoms with E-state index in [9.17, 15) is 14.7 Å². The number of carboxylic acid groups (broad SMARTS) is 1. The monoisotopic (exact) mass is 686 g/mol. The van der Waals surface area contributed by atoms with Crippen molar-refractivity contribution in [1.29, 1.82) is 0 Å². The first-order valence-electron chi connectivity index (χ1n) is 16.2. The van der Waals surface area contributed by atoms with E-state index in [1.54, 1.807) is 0 Å². The minimum atomic E-state index is -1.05. The van der Waals surface area contributed by atoms with Crippen LogP contribution in [-0.2, 0) is 19.3 Å². The summed E-state index contributed by atoms with van der Waals surface area (Å²) in [5, 5.41) is 20.6. The van der Waals surface area contributed by atoms with E-state index in [1.807, 2.05) is 0 Å². The first kappa shape index (κ1) is 35.8. The fourth-order valence-corrected chi connectivity index (χ4v) is 9.98. The van der Waals surface area contributed by atoms with Crippen LogP contribution in [0.3, 0.4) is 0 Å². The number of nitrogens with one attached hydrogen (secondary N) is 2. The predicted octanol–water partition coefficient (Wildman–Crippen LogP) is 6.68. The molecule has 4 N–H and O–H groups in total. The van der Waals surface area contributed by atoms with Crippen molar-refractivity contribution < 1.29 is 29.7 Å². The SMILES string of the molecule is CC1CC(CC2CCC(NC(=O)C3C(Cl)CCC(Cl)C3C(=O)O)C(C)C2)CCC1NOCC1C(Cl)CCC(Cl)C1COO. The number of hydroxylamine groups is 1. The van der Waals surface area contributed by atoms with E-state index in [2.05, 4.69) is 29.5 Å². The summed E-state index contributed by atoms with van der Waals surface area (Å²) < 4.78 is 0. The molecule has 0 spiro atoms. The van der Waals surface area contributed by atoms with Crippen molar-refractivity contribution in [2.24, 2.45) is 47.3 Å². The second-order valence-electron chi connectivity index (χ2n) is 13.9. The Labute approximate surface area is 276 Å². The average molecular weight is 689 g/mol. The summed E-state index contributed by atoms with van der Waals surface area (Å²) in [4.78, 5) is 35.5. The summed E-state index contributed by atoms with van der Waals surface area (Å²) >= 11 is 25.9. The predicted molar refractivity (Wildman–Crippen MR) is 170 cm³/mol. The Hall–Kier alpha value is -0.0600. The van der Waals surface area contributed by atoms with Crippen molar-refractivity contribution in [3.8, 4) is 0 Å². The standard InChI is InChI=1S/C31H50Cl4N2O6/c1-16-11-18(3-9-26(16)36-30(38)28-24(34)7-8-25(35)29(28)31(39)40)13-19-4-10-27(17(2)12-19)37-42-14-20-21(15-43-41)23(33)6-5-22(20)32/h16-29,37,41H,3-15H2,1-2H3,(H,36,38)(H,39,40). The van der Waals surface area contributed by atoms with Crippen LogP contribution in [-0.4, -0.2) is 69.0 Å². The molecule has 0 radical (unpaired) electrons. The van der Waals surface area contributed by atoms with Crippen LogP contribution in [0.4, 0.5) is 0 Å². The van der Waals surface area contributed by atoms with Crippen LogP contribution in [0.25, 0.3) is 0 Å². The van der Waals surface area contributed by atoms with Gasteiger partial charge in [-0.25, -0.2) is 4.89 Å². The molecule has 0 aromatic carbocycles. The Morgan fingerprint density at radius 1 is 0.721 bits per heavy atom. The van der Waals surface area contributed by atoms with Crippen molar-refractivity contribution in [2.45, 2.75) is 118 Å². The number of hydrogen-bond acceptors (Lipinski definition) is 6. The van der Waals surface area contributed by atoms with E-state index in [0.29, 0.717) is 43.1 Å². The molecule has 4 saturated carbocycles. The van der Waals surface area contributed by atoms with Gasteiger partial charge in [-0.1, -0.05) is 13.8 Å². The highest BCUT2D eigenvalue weighted by Gasteiger charge is 2.47. The van der Waals surface area contributed by atoms with Crippen LogP contribution < -0.4 is 10.8 Å². The maximum absolute atomic E-state index is 13.2. The lowest BCUT2D eigenvalue weighted by atomic mass is 9.70. The topological polar surface area (TPSA) is 117 Å². The largest absolute Gasteiger partial charge is 0.481 e. The molecule has 0 aliphatic heterocycles. The molecule has 8 nitrogen and oxygen atoms in total. The van der Waals surface area contributed by atoms with E-state index in [0.717, 1.165) is 51.4 Å². The third-order valence-electron chi connectivity index (χ3n) is 11.0. The van der Waals surface area contributed by atoms with E-state index in [4.69, 9.17) is 56.5 Å². The minimum Gasteiger partial charge on any atom is -0.481 e. The van der Waals surface area contributed by atoms with Gasteiger partial charge in [-0.15, -0.1) is 46.4 Å². The van der Waals surface area contributed by atoms with Gasteiger partial charge in [0.15, 0.2) is 0 Å². The van der Waals surface area contributed by atoms with E-state index in [-0.39, 0.29) is 47.2 Å². The molecule has 0 aromatic rings. The normalized spacial score (nSPS) is 44.1. The van der Waals surface area contributed by atoms with Crippen molar-refractivity contribution >= 4 is 58.3 Å². The van der Waals surface area contributed by atoms with Crippen molar-refractivity contribution in [3.05, 3.63) is 0 Å². The highest BCUT2D eigenvalue weighted by atomic mass is 35.5. The van der Waals surface area contributed by atoms with E-state index < -0.39 is 28.6 Å². The molecule has 1 amide bonds. The van der Waals surface area contributed by atoms with Gasteiger partial charge in [0.25, 0.3) is 0 Å². The summed E-state index contributed by atoms with van der Waals surface area (Å²) in [5.74, 6) is -1.02. The van der Waals surface area contributed by atoms with Crippen LogP contribution in [0, 0.1) is 47.3 Å². The van der Waals surface area contributed by atoms with Crippen LogP contribution in [0.1, 0.15) is 84.5 Å². The van der Waals surface area contributed by atoms with Gasteiger partial charge in [0.2, 0.25) is 5.91 Å². The molecule has 0 heterocycles. The van der Waals surface area contributed by atoms with Crippen LogP contribution in [0.2, 0.25) is 0 Å². The molecule has 4 aliphatic carbocycles. The summed E-state index contributed by atoms with van der Waals surface area (Å²) in [6.07, 6.45) is 10.2. The lowest BCUT2D eigenvalue weighted by molar-refractivity contribution is -0.256. The number of aliphatic carboxylic acids is 1. The van der Waals surface area contributed by atoms with E-state index >= 15 is 0 Å². The lowest BCUT2D eigenvalue weighted by Gasteiger charge is -2.41.